The Labute approximate surface area is 144 Å². The van der Waals surface area contributed by atoms with Crippen LogP contribution < -0.4 is 18.9 Å². The average Bonchev–Trinajstić information content (AvgIpc) is 2.65. The van der Waals surface area contributed by atoms with Crippen LogP contribution in [0, 0.1) is 0 Å². The van der Waals surface area contributed by atoms with Gasteiger partial charge in [-0.05, 0) is 24.3 Å². The monoisotopic (exact) mass is 346 g/mol. The highest BCUT2D eigenvalue weighted by Gasteiger charge is 2.26. The number of carbonyl (C=O) groups is 2. The lowest BCUT2D eigenvalue weighted by molar-refractivity contribution is 0.102. The van der Waals surface area contributed by atoms with Crippen LogP contribution in [-0.4, -0.2) is 45.6 Å². The summed E-state index contributed by atoms with van der Waals surface area (Å²) >= 11 is 0. The van der Waals surface area contributed by atoms with Crippen LogP contribution in [0.4, 0.5) is 0 Å². The van der Waals surface area contributed by atoms with Gasteiger partial charge in [0.1, 0.15) is 0 Å². The van der Waals surface area contributed by atoms with E-state index < -0.39 is 5.78 Å². The number of carbonyl (C=O) groups excluding carboxylic acids is 2. The molecule has 7 nitrogen and oxygen atoms in total. The van der Waals surface area contributed by atoms with Crippen LogP contribution in [0.25, 0.3) is 0 Å². The second-order valence-electron chi connectivity index (χ2n) is 4.94. The summed E-state index contributed by atoms with van der Waals surface area (Å²) < 4.78 is 20.8. The number of rotatable bonds is 7. The number of phenolic OH excluding ortho intramolecular Hbond substituents is 1. The van der Waals surface area contributed by atoms with Gasteiger partial charge in [0.15, 0.2) is 35.1 Å². The number of ketones is 1. The van der Waals surface area contributed by atoms with Crippen LogP contribution in [0.3, 0.4) is 0 Å². The molecule has 7 heteroatoms. The van der Waals surface area contributed by atoms with E-state index in [1.54, 1.807) is 0 Å². The first-order valence-electron chi connectivity index (χ1n) is 7.22. The molecule has 0 unspecified atom stereocenters. The third kappa shape index (κ3) is 3.21. The van der Waals surface area contributed by atoms with Crippen LogP contribution in [0.5, 0.6) is 28.7 Å². The molecular formula is C18H18O7. The lowest BCUT2D eigenvalue weighted by Crippen LogP contribution is -2.10. The first-order valence-corrected chi connectivity index (χ1v) is 7.22. The van der Waals surface area contributed by atoms with Gasteiger partial charge in [-0.15, -0.1) is 0 Å². The van der Waals surface area contributed by atoms with Crippen molar-refractivity contribution in [1.82, 2.24) is 0 Å². The molecule has 0 aliphatic heterocycles. The summed E-state index contributed by atoms with van der Waals surface area (Å²) in [6.07, 6.45) is 0.537. The highest BCUT2D eigenvalue weighted by atomic mass is 16.5. The number of methoxy groups -OCH3 is 4. The average molecular weight is 346 g/mol. The van der Waals surface area contributed by atoms with E-state index in [0.29, 0.717) is 6.29 Å². The van der Waals surface area contributed by atoms with Crippen molar-refractivity contribution >= 4 is 12.1 Å². The van der Waals surface area contributed by atoms with E-state index in [0.717, 1.165) is 0 Å². The topological polar surface area (TPSA) is 91.3 Å². The summed E-state index contributed by atoms with van der Waals surface area (Å²) in [6.45, 7) is 0. The Bertz CT molecular complexity index is 812. The number of phenols is 1. The zero-order valence-electron chi connectivity index (χ0n) is 14.3. The van der Waals surface area contributed by atoms with Crippen molar-refractivity contribution in [1.29, 1.82) is 0 Å². The molecule has 1 N–H and O–H groups in total. The van der Waals surface area contributed by atoms with Crippen molar-refractivity contribution in [2.75, 3.05) is 28.4 Å². The molecule has 0 saturated heterocycles. The summed E-state index contributed by atoms with van der Waals surface area (Å²) in [4.78, 5) is 24.5. The van der Waals surface area contributed by atoms with Crippen molar-refractivity contribution in [2.24, 2.45) is 0 Å². The minimum absolute atomic E-state index is 0.0305. The van der Waals surface area contributed by atoms with Crippen LogP contribution in [-0.2, 0) is 0 Å². The predicted molar refractivity (Wildman–Crippen MR) is 89.6 cm³/mol. The van der Waals surface area contributed by atoms with Gasteiger partial charge >= 0.3 is 0 Å². The number of ether oxygens (including phenoxy) is 4. The number of benzene rings is 2. The van der Waals surface area contributed by atoms with Gasteiger partial charge in [0.2, 0.25) is 5.75 Å². The third-order valence-electron chi connectivity index (χ3n) is 3.66. The minimum atomic E-state index is -0.488. The maximum absolute atomic E-state index is 13.0. The smallest absolute Gasteiger partial charge is 0.204 e. The summed E-state index contributed by atoms with van der Waals surface area (Å²) in [5.74, 6) is 0.0945. The van der Waals surface area contributed by atoms with Crippen molar-refractivity contribution in [3.63, 3.8) is 0 Å². The van der Waals surface area contributed by atoms with E-state index in [-0.39, 0.29) is 45.4 Å². The second kappa shape index (κ2) is 7.57. The maximum atomic E-state index is 13.0. The molecule has 2 aromatic rings. The van der Waals surface area contributed by atoms with Crippen LogP contribution in [0.15, 0.2) is 24.3 Å². The highest BCUT2D eigenvalue weighted by molar-refractivity contribution is 6.15. The second-order valence-corrected chi connectivity index (χ2v) is 4.94. The normalized spacial score (nSPS) is 10.1. The Morgan fingerprint density at radius 3 is 2.08 bits per heavy atom. The van der Waals surface area contributed by atoms with E-state index in [2.05, 4.69) is 0 Å². The van der Waals surface area contributed by atoms with Gasteiger partial charge < -0.3 is 24.1 Å². The van der Waals surface area contributed by atoms with Gasteiger partial charge in [0.25, 0.3) is 0 Å². The van der Waals surface area contributed by atoms with Crippen molar-refractivity contribution in [2.45, 2.75) is 0 Å². The van der Waals surface area contributed by atoms with E-state index >= 15 is 0 Å². The van der Waals surface area contributed by atoms with Gasteiger partial charge in [0, 0.05) is 11.1 Å². The van der Waals surface area contributed by atoms with Crippen molar-refractivity contribution < 1.29 is 33.6 Å². The Hall–Kier alpha value is -3.22. The number of aromatic hydroxyl groups is 1. The predicted octanol–water partition coefficient (Wildman–Crippen LogP) is 2.47. The first kappa shape index (κ1) is 18.1. The van der Waals surface area contributed by atoms with Crippen molar-refractivity contribution in [3.05, 3.63) is 41.0 Å². The first-order chi connectivity index (χ1) is 12.0. The molecule has 0 amide bonds. The van der Waals surface area contributed by atoms with E-state index in [4.69, 9.17) is 18.9 Å². The maximum Gasteiger partial charge on any atom is 0.204 e. The Morgan fingerprint density at radius 2 is 1.56 bits per heavy atom. The molecule has 0 heterocycles. The highest BCUT2D eigenvalue weighted by Crippen LogP contribution is 2.42. The molecule has 0 spiro atoms. The van der Waals surface area contributed by atoms with Crippen LogP contribution in [0.1, 0.15) is 26.3 Å². The Balaban J connectivity index is 2.72. The summed E-state index contributed by atoms with van der Waals surface area (Å²) in [7, 11) is 5.55. The molecule has 2 aromatic carbocycles. The third-order valence-corrected chi connectivity index (χ3v) is 3.66. The zero-order valence-corrected chi connectivity index (χ0v) is 14.3. The zero-order chi connectivity index (χ0) is 18.6. The number of hydrogen-bond acceptors (Lipinski definition) is 7. The SMILES string of the molecule is COc1cc(C(=O)c2c(C=O)cc(OC)c(OC)c2OC)ccc1O. The Kier molecular flexibility index (Phi) is 5.49. The van der Waals surface area contributed by atoms with Gasteiger partial charge in [0.05, 0.1) is 34.0 Å². The molecule has 25 heavy (non-hydrogen) atoms. The van der Waals surface area contributed by atoms with E-state index in [1.165, 1.54) is 52.7 Å². The van der Waals surface area contributed by atoms with Gasteiger partial charge in [-0.25, -0.2) is 0 Å². The molecule has 0 saturated carbocycles. The fraction of sp³-hybridized carbons (Fsp3) is 0.222. The molecule has 0 atom stereocenters. The van der Waals surface area contributed by atoms with E-state index in [1.807, 2.05) is 0 Å². The minimum Gasteiger partial charge on any atom is -0.504 e. The lowest BCUT2D eigenvalue weighted by atomic mass is 9.96. The van der Waals surface area contributed by atoms with Gasteiger partial charge in [-0.1, -0.05) is 0 Å². The van der Waals surface area contributed by atoms with Crippen molar-refractivity contribution in [3.8, 4) is 28.7 Å². The molecule has 0 aliphatic rings. The largest absolute Gasteiger partial charge is 0.504 e. The molecule has 132 valence electrons. The number of aldehydes is 1. The fourth-order valence-corrected chi connectivity index (χ4v) is 2.47. The fourth-order valence-electron chi connectivity index (χ4n) is 2.47. The number of hydrogen-bond donors (Lipinski definition) is 1. The molecule has 0 aromatic heterocycles. The van der Waals surface area contributed by atoms with Crippen LogP contribution in [0.2, 0.25) is 0 Å². The molecule has 0 fully saturated rings. The van der Waals surface area contributed by atoms with Gasteiger partial charge in [-0.3, -0.25) is 9.59 Å². The lowest BCUT2D eigenvalue weighted by Gasteiger charge is -2.17. The summed E-state index contributed by atoms with van der Waals surface area (Å²) in [5.41, 5.74) is 0.331. The summed E-state index contributed by atoms with van der Waals surface area (Å²) in [5, 5.41) is 9.69. The molecule has 2 rings (SSSR count). The molecule has 0 aliphatic carbocycles. The molecular weight excluding hydrogens is 328 g/mol. The molecule has 0 radical (unpaired) electrons. The molecule has 0 bridgehead atoms. The Morgan fingerprint density at radius 1 is 0.920 bits per heavy atom. The van der Waals surface area contributed by atoms with E-state index in [9.17, 15) is 14.7 Å². The standard InChI is InChI=1S/C18H18O7/c1-22-13-7-10(5-6-12(13)20)16(21)15-11(9-19)8-14(23-2)17(24-3)18(15)25-4/h5-9,20H,1-4H3. The quantitative estimate of drug-likeness (QED) is 0.608. The van der Waals surface area contributed by atoms with Crippen LogP contribution >= 0.6 is 0 Å². The summed E-state index contributed by atoms with van der Waals surface area (Å²) in [6, 6.07) is 5.53. The van der Waals surface area contributed by atoms with Gasteiger partial charge in [-0.2, -0.15) is 0 Å².